The predicted molar refractivity (Wildman–Crippen MR) is 98.2 cm³/mol. The lowest BCUT2D eigenvalue weighted by Gasteiger charge is -2.35. The summed E-state index contributed by atoms with van der Waals surface area (Å²) in [4.78, 5) is 25.2. The molecule has 0 aliphatic carbocycles. The number of hydrogen-bond donors (Lipinski definition) is 1. The summed E-state index contributed by atoms with van der Waals surface area (Å²) in [5.41, 5.74) is 1.62. The van der Waals surface area contributed by atoms with Gasteiger partial charge in [-0.05, 0) is 56.5 Å². The van der Waals surface area contributed by atoms with Gasteiger partial charge in [0.15, 0.2) is 0 Å². The van der Waals surface area contributed by atoms with E-state index in [2.05, 4.69) is 17.1 Å². The predicted octanol–water partition coefficient (Wildman–Crippen LogP) is 4.23. The molecule has 6 heteroatoms. The van der Waals surface area contributed by atoms with Gasteiger partial charge in [-0.1, -0.05) is 12.1 Å². The fraction of sp³-hybridized carbons (Fsp3) is 0.316. The fourth-order valence-electron chi connectivity index (χ4n) is 3.24. The van der Waals surface area contributed by atoms with E-state index in [9.17, 15) is 14.9 Å². The summed E-state index contributed by atoms with van der Waals surface area (Å²) in [6.07, 6.45) is 3.65. The van der Waals surface area contributed by atoms with Gasteiger partial charge in [-0.3, -0.25) is 14.9 Å². The lowest BCUT2D eigenvalue weighted by atomic mass is 10.0. The van der Waals surface area contributed by atoms with Crippen LogP contribution < -0.4 is 10.2 Å². The molecule has 0 radical (unpaired) electrons. The summed E-state index contributed by atoms with van der Waals surface area (Å²) < 4.78 is 0. The van der Waals surface area contributed by atoms with Crippen molar-refractivity contribution in [1.29, 1.82) is 0 Å². The zero-order chi connectivity index (χ0) is 17.8. The number of nitro benzene ring substituents is 1. The maximum absolute atomic E-state index is 12.4. The van der Waals surface area contributed by atoms with E-state index in [1.54, 1.807) is 12.1 Å². The number of nitrogens with one attached hydrogen (secondary N) is 1. The van der Waals surface area contributed by atoms with Gasteiger partial charge in [0.2, 0.25) is 0 Å². The highest BCUT2D eigenvalue weighted by atomic mass is 16.6. The van der Waals surface area contributed by atoms with Crippen LogP contribution in [0.15, 0.2) is 48.5 Å². The third-order valence-corrected chi connectivity index (χ3v) is 4.61. The monoisotopic (exact) mass is 339 g/mol. The van der Waals surface area contributed by atoms with Crippen molar-refractivity contribution in [2.75, 3.05) is 16.8 Å². The Bertz CT molecular complexity index is 774. The molecular weight excluding hydrogens is 318 g/mol. The largest absolute Gasteiger partial charge is 0.369 e. The van der Waals surface area contributed by atoms with Crippen LogP contribution in [0.4, 0.5) is 17.1 Å². The minimum Gasteiger partial charge on any atom is -0.369 e. The maximum Gasteiger partial charge on any atom is 0.282 e. The molecule has 6 nitrogen and oxygen atoms in total. The first-order valence-corrected chi connectivity index (χ1v) is 8.48. The van der Waals surface area contributed by atoms with Crippen molar-refractivity contribution in [3.8, 4) is 0 Å². The molecule has 2 aromatic rings. The molecular formula is C19H21N3O3. The molecule has 1 atom stereocenters. The molecule has 25 heavy (non-hydrogen) atoms. The number of nitrogens with zero attached hydrogens (tertiary/aromatic N) is 2. The molecule has 1 N–H and O–H groups in total. The molecule has 0 bridgehead atoms. The summed E-state index contributed by atoms with van der Waals surface area (Å²) in [7, 11) is 0. The Labute approximate surface area is 146 Å². The number of piperidine rings is 1. The first kappa shape index (κ1) is 17.0. The minimum absolute atomic E-state index is 0.0567. The average Bonchev–Trinajstić information content (AvgIpc) is 2.63. The van der Waals surface area contributed by atoms with E-state index in [0.29, 0.717) is 11.7 Å². The number of hydrogen-bond acceptors (Lipinski definition) is 4. The molecule has 1 fully saturated rings. The smallest absolute Gasteiger partial charge is 0.282 e. The van der Waals surface area contributed by atoms with Gasteiger partial charge in [0.05, 0.1) is 4.92 Å². The van der Waals surface area contributed by atoms with Gasteiger partial charge in [0.1, 0.15) is 5.56 Å². The Morgan fingerprint density at radius 2 is 1.88 bits per heavy atom. The van der Waals surface area contributed by atoms with Gasteiger partial charge in [-0.25, -0.2) is 0 Å². The van der Waals surface area contributed by atoms with Crippen molar-refractivity contribution in [2.45, 2.75) is 32.2 Å². The minimum atomic E-state index is -0.546. The average molecular weight is 339 g/mol. The molecule has 130 valence electrons. The van der Waals surface area contributed by atoms with Crippen LogP contribution in [0.3, 0.4) is 0 Å². The van der Waals surface area contributed by atoms with Crippen LogP contribution in [-0.2, 0) is 0 Å². The van der Waals surface area contributed by atoms with E-state index in [1.165, 1.54) is 31.4 Å². The van der Waals surface area contributed by atoms with Crippen LogP contribution in [0, 0.1) is 10.1 Å². The third-order valence-electron chi connectivity index (χ3n) is 4.61. The van der Waals surface area contributed by atoms with Gasteiger partial charge >= 0.3 is 0 Å². The highest BCUT2D eigenvalue weighted by Gasteiger charge is 2.20. The Balaban J connectivity index is 1.73. The molecule has 1 aliphatic rings. The number of carbonyl (C=O) groups is 1. The van der Waals surface area contributed by atoms with Gasteiger partial charge in [0, 0.05) is 30.0 Å². The third kappa shape index (κ3) is 3.79. The van der Waals surface area contributed by atoms with E-state index in [4.69, 9.17) is 0 Å². The quantitative estimate of drug-likeness (QED) is 0.668. The van der Waals surface area contributed by atoms with Gasteiger partial charge in [-0.15, -0.1) is 0 Å². The number of nitro groups is 1. The van der Waals surface area contributed by atoms with Crippen molar-refractivity contribution < 1.29 is 9.72 Å². The fourth-order valence-corrected chi connectivity index (χ4v) is 3.24. The first-order valence-electron chi connectivity index (χ1n) is 8.48. The van der Waals surface area contributed by atoms with E-state index < -0.39 is 10.8 Å². The normalized spacial score (nSPS) is 17.2. The van der Waals surface area contributed by atoms with Gasteiger partial charge < -0.3 is 10.2 Å². The van der Waals surface area contributed by atoms with Crippen molar-refractivity contribution in [3.63, 3.8) is 0 Å². The Kier molecular flexibility index (Phi) is 4.97. The van der Waals surface area contributed by atoms with E-state index >= 15 is 0 Å². The van der Waals surface area contributed by atoms with Crippen LogP contribution in [0.1, 0.15) is 36.5 Å². The van der Waals surface area contributed by atoms with Gasteiger partial charge in [-0.2, -0.15) is 0 Å². The van der Waals surface area contributed by atoms with Crippen molar-refractivity contribution >= 4 is 23.0 Å². The second-order valence-electron chi connectivity index (χ2n) is 6.31. The number of rotatable bonds is 4. The molecule has 2 aromatic carbocycles. The second-order valence-corrected chi connectivity index (χ2v) is 6.31. The number of para-hydroxylation sites is 1. The summed E-state index contributed by atoms with van der Waals surface area (Å²) in [5, 5.41) is 13.8. The highest BCUT2D eigenvalue weighted by Crippen LogP contribution is 2.26. The Hall–Kier alpha value is -2.89. The molecule has 1 amide bonds. The van der Waals surface area contributed by atoms with E-state index in [0.717, 1.165) is 12.2 Å². The number of benzene rings is 2. The number of carbonyl (C=O) groups excluding carboxylic acids is 1. The summed E-state index contributed by atoms with van der Waals surface area (Å²) in [6, 6.07) is 14.1. The van der Waals surface area contributed by atoms with Crippen LogP contribution in [-0.4, -0.2) is 23.4 Å². The number of anilines is 2. The molecule has 0 saturated carbocycles. The molecule has 0 spiro atoms. The summed E-state index contributed by atoms with van der Waals surface area (Å²) >= 11 is 0. The number of amides is 1. The molecule has 1 heterocycles. The van der Waals surface area contributed by atoms with Crippen LogP contribution in [0.2, 0.25) is 0 Å². The standard InChI is InChI=1S/C19H21N3O3/c1-14-6-4-5-13-21(14)16-11-9-15(10-12-16)20-19(23)17-7-2-3-8-18(17)22(24)25/h2-3,7-12,14H,4-6,13H2,1H3,(H,20,23)/t14-/m0/s1. The lowest BCUT2D eigenvalue weighted by molar-refractivity contribution is -0.385. The zero-order valence-electron chi connectivity index (χ0n) is 14.1. The Morgan fingerprint density at radius 1 is 1.16 bits per heavy atom. The van der Waals surface area contributed by atoms with Crippen molar-refractivity contribution in [1.82, 2.24) is 0 Å². The SMILES string of the molecule is C[C@H]1CCCCN1c1ccc(NC(=O)c2ccccc2[N+](=O)[O-])cc1. The lowest BCUT2D eigenvalue weighted by Crippen LogP contribution is -2.37. The molecule has 0 unspecified atom stereocenters. The maximum atomic E-state index is 12.4. The highest BCUT2D eigenvalue weighted by molar-refractivity contribution is 6.07. The van der Waals surface area contributed by atoms with Crippen LogP contribution >= 0.6 is 0 Å². The second kappa shape index (κ2) is 7.34. The van der Waals surface area contributed by atoms with E-state index in [1.807, 2.05) is 24.3 Å². The zero-order valence-corrected chi connectivity index (χ0v) is 14.1. The van der Waals surface area contributed by atoms with E-state index in [-0.39, 0.29) is 11.3 Å². The summed E-state index contributed by atoms with van der Waals surface area (Å²) in [6.45, 7) is 3.27. The topological polar surface area (TPSA) is 75.5 Å². The molecule has 3 rings (SSSR count). The van der Waals surface area contributed by atoms with Crippen LogP contribution in [0.25, 0.3) is 0 Å². The molecule has 1 aliphatic heterocycles. The summed E-state index contributed by atoms with van der Waals surface area (Å²) in [5.74, 6) is -0.480. The van der Waals surface area contributed by atoms with Crippen LogP contribution in [0.5, 0.6) is 0 Å². The molecule has 0 aromatic heterocycles. The van der Waals surface area contributed by atoms with Crippen molar-refractivity contribution in [3.05, 3.63) is 64.2 Å². The first-order chi connectivity index (χ1) is 12.1. The van der Waals surface area contributed by atoms with Gasteiger partial charge in [0.25, 0.3) is 11.6 Å². The Morgan fingerprint density at radius 3 is 2.56 bits per heavy atom. The van der Waals surface area contributed by atoms with Crippen molar-refractivity contribution in [2.24, 2.45) is 0 Å². The molecule has 1 saturated heterocycles.